The Kier molecular flexibility index (Phi) is 3.42. The monoisotopic (exact) mass is 275 g/mol. The lowest BCUT2D eigenvalue weighted by Crippen LogP contribution is -2.39. The maximum Gasteiger partial charge on any atom is 0.339 e. The predicted molar refractivity (Wildman–Crippen MR) is 76.2 cm³/mol. The summed E-state index contributed by atoms with van der Waals surface area (Å²) >= 11 is 0. The maximum absolute atomic E-state index is 12.3. The Morgan fingerprint density at radius 2 is 2.10 bits per heavy atom. The van der Waals surface area contributed by atoms with Crippen LogP contribution in [-0.4, -0.2) is 25.7 Å². The van der Waals surface area contributed by atoms with Crippen molar-refractivity contribution in [2.24, 2.45) is 0 Å². The largest absolute Gasteiger partial charge is 0.493 e. The van der Waals surface area contributed by atoms with Crippen molar-refractivity contribution in [3.05, 3.63) is 28.8 Å². The molecule has 1 aromatic rings. The molecule has 0 saturated carbocycles. The first-order chi connectivity index (χ1) is 9.68. The second kappa shape index (κ2) is 5.09. The van der Waals surface area contributed by atoms with Gasteiger partial charge in [-0.3, -0.25) is 0 Å². The summed E-state index contributed by atoms with van der Waals surface area (Å²) in [5, 5.41) is 3.32. The third-order valence-electron chi connectivity index (χ3n) is 4.27. The molecule has 1 spiro atoms. The number of esters is 1. The fourth-order valence-electron chi connectivity index (χ4n) is 3.19. The molecule has 2 aliphatic rings. The van der Waals surface area contributed by atoms with Crippen LogP contribution in [0.1, 0.15) is 47.7 Å². The van der Waals surface area contributed by atoms with Gasteiger partial charge in [0.05, 0.1) is 12.2 Å². The number of hydrogen-bond donors (Lipinski definition) is 1. The standard InChI is InChI=1S/C16H21NO3/c1-3-10-19-13-5-4-12-14(11(13)2)15(18)20-16(12)6-8-17-9-7-16/h4-5,17H,3,6-10H2,1-2H3. The molecule has 0 aromatic heterocycles. The van der Waals surface area contributed by atoms with Crippen LogP contribution in [0.3, 0.4) is 0 Å². The zero-order valence-corrected chi connectivity index (χ0v) is 12.1. The van der Waals surface area contributed by atoms with Gasteiger partial charge in [0.15, 0.2) is 0 Å². The highest BCUT2D eigenvalue weighted by Gasteiger charge is 2.47. The van der Waals surface area contributed by atoms with E-state index in [9.17, 15) is 4.79 Å². The summed E-state index contributed by atoms with van der Waals surface area (Å²) in [6.45, 7) is 6.47. The van der Waals surface area contributed by atoms with Crippen LogP contribution in [0.4, 0.5) is 0 Å². The molecule has 0 amide bonds. The van der Waals surface area contributed by atoms with Gasteiger partial charge in [-0.05, 0) is 32.5 Å². The number of hydrogen-bond acceptors (Lipinski definition) is 4. The zero-order chi connectivity index (χ0) is 14.2. The van der Waals surface area contributed by atoms with Gasteiger partial charge in [0.2, 0.25) is 0 Å². The average Bonchev–Trinajstić information content (AvgIpc) is 2.72. The molecule has 1 aromatic carbocycles. The van der Waals surface area contributed by atoms with Gasteiger partial charge in [-0.15, -0.1) is 0 Å². The van der Waals surface area contributed by atoms with Gasteiger partial charge in [-0.25, -0.2) is 4.79 Å². The van der Waals surface area contributed by atoms with E-state index >= 15 is 0 Å². The van der Waals surface area contributed by atoms with E-state index in [2.05, 4.69) is 12.2 Å². The van der Waals surface area contributed by atoms with E-state index in [-0.39, 0.29) is 5.97 Å². The smallest absolute Gasteiger partial charge is 0.339 e. The highest BCUT2D eigenvalue weighted by atomic mass is 16.6. The van der Waals surface area contributed by atoms with Crippen molar-refractivity contribution in [2.75, 3.05) is 19.7 Å². The summed E-state index contributed by atoms with van der Waals surface area (Å²) in [4.78, 5) is 12.3. The lowest BCUT2D eigenvalue weighted by molar-refractivity contribution is -0.0241. The van der Waals surface area contributed by atoms with E-state index in [1.54, 1.807) is 0 Å². The summed E-state index contributed by atoms with van der Waals surface area (Å²) in [6, 6.07) is 4.00. The Labute approximate surface area is 119 Å². The van der Waals surface area contributed by atoms with Gasteiger partial charge in [-0.1, -0.05) is 13.0 Å². The molecule has 1 N–H and O–H groups in total. The van der Waals surface area contributed by atoms with Crippen molar-refractivity contribution in [1.29, 1.82) is 0 Å². The Balaban J connectivity index is 2.01. The molecule has 1 saturated heterocycles. The molecule has 108 valence electrons. The Morgan fingerprint density at radius 1 is 1.35 bits per heavy atom. The van der Waals surface area contributed by atoms with E-state index in [0.717, 1.165) is 54.8 Å². The topological polar surface area (TPSA) is 47.6 Å². The molecule has 0 aliphatic carbocycles. The Morgan fingerprint density at radius 3 is 2.80 bits per heavy atom. The molecule has 4 nitrogen and oxygen atoms in total. The summed E-state index contributed by atoms with van der Waals surface area (Å²) in [5.41, 5.74) is 2.27. The molecular formula is C16H21NO3. The molecular weight excluding hydrogens is 254 g/mol. The van der Waals surface area contributed by atoms with Crippen LogP contribution < -0.4 is 10.1 Å². The summed E-state index contributed by atoms with van der Waals surface area (Å²) < 4.78 is 11.5. The van der Waals surface area contributed by atoms with Crippen LogP contribution in [0, 0.1) is 6.92 Å². The molecule has 0 radical (unpaired) electrons. The molecule has 3 rings (SSSR count). The normalized spacial score (nSPS) is 19.8. The second-order valence-corrected chi connectivity index (χ2v) is 5.59. The average molecular weight is 275 g/mol. The molecule has 0 atom stereocenters. The number of piperidine rings is 1. The molecule has 0 bridgehead atoms. The minimum Gasteiger partial charge on any atom is -0.493 e. The Hall–Kier alpha value is -1.55. The number of benzene rings is 1. The number of nitrogens with one attached hydrogen (secondary N) is 1. The van der Waals surface area contributed by atoms with Crippen molar-refractivity contribution < 1.29 is 14.3 Å². The van der Waals surface area contributed by atoms with Crippen molar-refractivity contribution in [2.45, 2.75) is 38.7 Å². The van der Waals surface area contributed by atoms with E-state index in [0.29, 0.717) is 6.61 Å². The van der Waals surface area contributed by atoms with Gasteiger partial charge in [0, 0.05) is 24.0 Å². The molecule has 0 unspecified atom stereocenters. The van der Waals surface area contributed by atoms with Crippen molar-refractivity contribution in [1.82, 2.24) is 5.32 Å². The van der Waals surface area contributed by atoms with Gasteiger partial charge in [0.1, 0.15) is 11.4 Å². The van der Waals surface area contributed by atoms with Crippen LogP contribution in [0.2, 0.25) is 0 Å². The third kappa shape index (κ3) is 1.99. The van der Waals surface area contributed by atoms with Crippen LogP contribution >= 0.6 is 0 Å². The quantitative estimate of drug-likeness (QED) is 0.861. The first-order valence-corrected chi connectivity index (χ1v) is 7.39. The fourth-order valence-corrected chi connectivity index (χ4v) is 3.19. The van der Waals surface area contributed by atoms with Crippen LogP contribution in [0.5, 0.6) is 5.75 Å². The van der Waals surface area contributed by atoms with E-state index in [1.807, 2.05) is 19.1 Å². The summed E-state index contributed by atoms with van der Waals surface area (Å²) in [6.07, 6.45) is 2.65. The first-order valence-electron chi connectivity index (χ1n) is 7.39. The highest BCUT2D eigenvalue weighted by Crippen LogP contribution is 2.45. The Bertz CT molecular complexity index is 533. The lowest BCUT2D eigenvalue weighted by Gasteiger charge is -2.33. The second-order valence-electron chi connectivity index (χ2n) is 5.59. The van der Waals surface area contributed by atoms with Crippen LogP contribution in [0.15, 0.2) is 12.1 Å². The van der Waals surface area contributed by atoms with Gasteiger partial charge < -0.3 is 14.8 Å². The summed E-state index contributed by atoms with van der Waals surface area (Å²) in [7, 11) is 0. The fraction of sp³-hybridized carbons (Fsp3) is 0.562. The van der Waals surface area contributed by atoms with E-state index in [4.69, 9.17) is 9.47 Å². The van der Waals surface area contributed by atoms with Crippen molar-refractivity contribution in [3.8, 4) is 5.75 Å². The van der Waals surface area contributed by atoms with E-state index < -0.39 is 5.60 Å². The zero-order valence-electron chi connectivity index (χ0n) is 12.1. The highest BCUT2D eigenvalue weighted by molar-refractivity contribution is 5.97. The third-order valence-corrected chi connectivity index (χ3v) is 4.27. The SMILES string of the molecule is CCCOc1ccc2c(c1C)C(=O)OC21CCNCC1. The minimum absolute atomic E-state index is 0.193. The summed E-state index contributed by atoms with van der Waals surface area (Å²) in [5.74, 6) is 0.606. The maximum atomic E-state index is 12.3. The van der Waals surface area contributed by atoms with Gasteiger partial charge >= 0.3 is 5.97 Å². The van der Waals surface area contributed by atoms with Crippen LogP contribution in [0.25, 0.3) is 0 Å². The number of carbonyl (C=O) groups is 1. The van der Waals surface area contributed by atoms with Crippen molar-refractivity contribution in [3.63, 3.8) is 0 Å². The number of ether oxygens (including phenoxy) is 2. The van der Waals surface area contributed by atoms with Gasteiger partial charge in [-0.2, -0.15) is 0 Å². The molecule has 20 heavy (non-hydrogen) atoms. The predicted octanol–water partition coefficient (Wildman–Crippen LogP) is 2.53. The molecule has 2 heterocycles. The molecule has 1 fully saturated rings. The van der Waals surface area contributed by atoms with Crippen molar-refractivity contribution >= 4 is 5.97 Å². The van der Waals surface area contributed by atoms with Gasteiger partial charge in [0.25, 0.3) is 0 Å². The first kappa shape index (κ1) is 13.4. The number of rotatable bonds is 3. The minimum atomic E-state index is -0.411. The van der Waals surface area contributed by atoms with Crippen LogP contribution in [-0.2, 0) is 10.3 Å². The molecule has 2 aliphatic heterocycles. The van der Waals surface area contributed by atoms with E-state index in [1.165, 1.54) is 0 Å². The number of carbonyl (C=O) groups excluding carboxylic acids is 1. The molecule has 4 heteroatoms. The lowest BCUT2D eigenvalue weighted by atomic mass is 9.83. The number of fused-ring (bicyclic) bond motifs is 2.